The number of aromatic nitrogens is 4. The summed E-state index contributed by atoms with van der Waals surface area (Å²) in [6, 6.07) is 14.9. The predicted octanol–water partition coefficient (Wildman–Crippen LogP) is 3.54. The van der Waals surface area contributed by atoms with Crippen molar-refractivity contribution in [3.63, 3.8) is 0 Å². The molecule has 0 spiro atoms. The Labute approximate surface area is 214 Å². The fourth-order valence-corrected chi connectivity index (χ4v) is 4.31. The first-order chi connectivity index (χ1) is 17.9. The fraction of sp³-hybridized carbons (Fsp3) is 0.385. The average molecular weight is 505 g/mol. The van der Waals surface area contributed by atoms with Crippen LogP contribution < -0.4 is 4.74 Å². The van der Waals surface area contributed by atoms with Gasteiger partial charge in [0.2, 0.25) is 0 Å². The smallest absolute Gasteiger partial charge is 0.410 e. The zero-order valence-corrected chi connectivity index (χ0v) is 20.7. The highest BCUT2D eigenvalue weighted by Gasteiger charge is 2.29. The molecule has 2 atom stereocenters. The molecule has 1 aliphatic rings. The summed E-state index contributed by atoms with van der Waals surface area (Å²) >= 11 is 0. The Bertz CT molecular complexity index is 1300. The number of pyridine rings is 1. The van der Waals surface area contributed by atoms with Gasteiger partial charge in [-0.25, -0.2) is 14.5 Å². The molecule has 37 heavy (non-hydrogen) atoms. The third-order valence-corrected chi connectivity index (χ3v) is 6.33. The molecule has 0 bridgehead atoms. The highest BCUT2D eigenvalue weighted by molar-refractivity contribution is 5.70. The molecule has 1 aromatic carbocycles. The number of nitrogens with zero attached hydrogens (tertiary/aromatic N) is 6. The minimum Gasteiger partial charge on any atom is -0.487 e. The SMILES string of the molecule is CN(Cc1ccccc1)C(=O)OCc1c(-c2ccc(O[C@H]3CCC[C@H](C(=O)O)C3)c(C#N)n2)nnn1C. The highest BCUT2D eigenvalue weighted by Crippen LogP contribution is 2.30. The second-order valence-electron chi connectivity index (χ2n) is 9.00. The van der Waals surface area contributed by atoms with Gasteiger partial charge < -0.3 is 19.5 Å². The van der Waals surface area contributed by atoms with Crippen LogP contribution in [-0.4, -0.2) is 55.2 Å². The molecule has 1 aliphatic carbocycles. The number of hydrogen-bond acceptors (Lipinski definition) is 8. The third kappa shape index (κ3) is 6.22. The molecule has 0 unspecified atom stereocenters. The van der Waals surface area contributed by atoms with Gasteiger partial charge in [0.1, 0.15) is 24.1 Å². The summed E-state index contributed by atoms with van der Waals surface area (Å²) in [6.07, 6.45) is 1.68. The van der Waals surface area contributed by atoms with Gasteiger partial charge in [-0.15, -0.1) is 5.10 Å². The van der Waals surface area contributed by atoms with Crippen molar-refractivity contribution in [1.29, 1.82) is 5.26 Å². The molecule has 0 aliphatic heterocycles. The minimum atomic E-state index is -0.829. The Morgan fingerprint density at radius 2 is 2.00 bits per heavy atom. The van der Waals surface area contributed by atoms with Gasteiger partial charge in [0.15, 0.2) is 11.4 Å². The zero-order valence-electron chi connectivity index (χ0n) is 20.7. The van der Waals surface area contributed by atoms with Crippen molar-refractivity contribution in [2.75, 3.05) is 7.05 Å². The van der Waals surface area contributed by atoms with Gasteiger partial charge in [-0.05, 0) is 43.4 Å². The fourth-order valence-electron chi connectivity index (χ4n) is 4.31. The maximum Gasteiger partial charge on any atom is 0.410 e. The molecule has 1 fully saturated rings. The summed E-state index contributed by atoms with van der Waals surface area (Å²) in [7, 11) is 3.33. The maximum atomic E-state index is 12.5. The Balaban J connectivity index is 1.45. The van der Waals surface area contributed by atoms with Crippen LogP contribution in [0.2, 0.25) is 0 Å². The van der Waals surface area contributed by atoms with Crippen LogP contribution in [0.5, 0.6) is 5.75 Å². The van der Waals surface area contributed by atoms with Crippen molar-refractivity contribution >= 4 is 12.1 Å². The molecule has 1 N–H and O–H groups in total. The number of rotatable bonds is 8. The van der Waals surface area contributed by atoms with Crippen molar-refractivity contribution in [2.45, 2.75) is 44.9 Å². The van der Waals surface area contributed by atoms with Crippen molar-refractivity contribution < 1.29 is 24.2 Å². The van der Waals surface area contributed by atoms with Gasteiger partial charge in [0.05, 0.1) is 17.7 Å². The normalized spacial score (nSPS) is 17.0. The first-order valence-electron chi connectivity index (χ1n) is 12.0. The molecule has 11 heteroatoms. The van der Waals surface area contributed by atoms with Crippen LogP contribution in [0.3, 0.4) is 0 Å². The lowest BCUT2D eigenvalue weighted by molar-refractivity contribution is -0.143. The number of carbonyl (C=O) groups is 2. The summed E-state index contributed by atoms with van der Waals surface area (Å²) in [4.78, 5) is 29.8. The average Bonchev–Trinajstić information content (AvgIpc) is 3.28. The van der Waals surface area contributed by atoms with Crippen LogP contribution in [0.15, 0.2) is 42.5 Å². The van der Waals surface area contributed by atoms with Gasteiger partial charge in [-0.1, -0.05) is 35.5 Å². The summed E-state index contributed by atoms with van der Waals surface area (Å²) in [5.41, 5.74) is 2.32. The van der Waals surface area contributed by atoms with Crippen LogP contribution in [-0.2, 0) is 29.7 Å². The Morgan fingerprint density at radius 3 is 2.73 bits per heavy atom. The number of aryl methyl sites for hydroxylation is 1. The number of hydrogen-bond donors (Lipinski definition) is 1. The molecular formula is C26H28N6O5. The van der Waals surface area contributed by atoms with Crippen molar-refractivity contribution in [2.24, 2.45) is 13.0 Å². The second-order valence-corrected chi connectivity index (χ2v) is 9.00. The van der Waals surface area contributed by atoms with Crippen LogP contribution in [0.1, 0.15) is 42.6 Å². The highest BCUT2D eigenvalue weighted by atomic mass is 16.6. The predicted molar refractivity (Wildman–Crippen MR) is 131 cm³/mol. The van der Waals surface area contributed by atoms with Crippen LogP contribution in [0.25, 0.3) is 11.4 Å². The Kier molecular flexibility index (Phi) is 7.98. The van der Waals surface area contributed by atoms with E-state index in [2.05, 4.69) is 15.3 Å². The van der Waals surface area contributed by atoms with Gasteiger partial charge in [-0.3, -0.25) is 4.79 Å². The monoisotopic (exact) mass is 504 g/mol. The van der Waals surface area contributed by atoms with Gasteiger partial charge >= 0.3 is 12.1 Å². The van der Waals surface area contributed by atoms with Gasteiger partial charge in [-0.2, -0.15) is 5.26 Å². The molecule has 2 heterocycles. The van der Waals surface area contributed by atoms with E-state index in [1.54, 1.807) is 26.2 Å². The Morgan fingerprint density at radius 1 is 1.22 bits per heavy atom. The number of aliphatic carboxylic acids is 1. The molecular weight excluding hydrogens is 476 g/mol. The lowest BCUT2D eigenvalue weighted by Gasteiger charge is -2.27. The lowest BCUT2D eigenvalue weighted by Crippen LogP contribution is -2.29. The second kappa shape index (κ2) is 11.5. The standard InChI is InChI=1S/C26H28N6O5/c1-31(15-17-7-4-3-5-8-17)26(35)36-16-22-24(29-30-32(22)2)20-11-12-23(21(14-27)28-20)37-19-10-6-9-18(13-19)25(33)34/h3-5,7-8,11-12,18-19H,6,9-10,13,15-16H2,1-2H3,(H,33,34)/t18-,19-/m0/s1. The molecule has 2 aromatic heterocycles. The zero-order chi connectivity index (χ0) is 26.4. The summed E-state index contributed by atoms with van der Waals surface area (Å²) in [6.45, 7) is 0.316. The molecule has 11 nitrogen and oxygen atoms in total. The van der Waals surface area contributed by atoms with E-state index in [1.165, 1.54) is 9.58 Å². The van der Waals surface area contributed by atoms with Gasteiger partial charge in [0, 0.05) is 20.6 Å². The van der Waals surface area contributed by atoms with Crippen molar-refractivity contribution in [3.05, 3.63) is 59.4 Å². The number of amides is 1. The molecule has 3 aromatic rings. The van der Waals surface area contributed by atoms with E-state index in [1.807, 2.05) is 36.4 Å². The number of benzene rings is 1. The topological polar surface area (TPSA) is 143 Å². The van der Waals surface area contributed by atoms with E-state index >= 15 is 0 Å². The van der Waals surface area contributed by atoms with Crippen molar-refractivity contribution in [3.8, 4) is 23.2 Å². The number of carbonyl (C=O) groups excluding carboxylic acids is 1. The van der Waals surface area contributed by atoms with Crippen LogP contribution in [0, 0.1) is 17.2 Å². The van der Waals surface area contributed by atoms with Crippen LogP contribution in [0.4, 0.5) is 4.79 Å². The summed E-state index contributed by atoms with van der Waals surface area (Å²) in [5.74, 6) is -0.987. The Hall–Kier alpha value is -4.46. The first kappa shape index (κ1) is 25.6. The van der Waals surface area contributed by atoms with Crippen LogP contribution >= 0.6 is 0 Å². The molecule has 0 radical (unpaired) electrons. The minimum absolute atomic E-state index is 0.0612. The van der Waals surface area contributed by atoms with E-state index in [0.717, 1.165) is 18.4 Å². The summed E-state index contributed by atoms with van der Waals surface area (Å²) < 4.78 is 13.0. The molecule has 1 saturated carbocycles. The van der Waals surface area contributed by atoms with E-state index in [-0.39, 0.29) is 18.4 Å². The quantitative estimate of drug-likeness (QED) is 0.487. The van der Waals surface area contributed by atoms with E-state index in [9.17, 15) is 20.0 Å². The number of ether oxygens (including phenoxy) is 2. The third-order valence-electron chi connectivity index (χ3n) is 6.33. The largest absolute Gasteiger partial charge is 0.487 e. The number of carboxylic acids is 1. The molecule has 192 valence electrons. The summed E-state index contributed by atoms with van der Waals surface area (Å²) in [5, 5.41) is 27.2. The first-order valence-corrected chi connectivity index (χ1v) is 12.0. The molecule has 4 rings (SSSR count). The number of nitriles is 1. The molecule has 1 amide bonds. The maximum absolute atomic E-state index is 12.5. The van der Waals surface area contributed by atoms with E-state index in [0.29, 0.717) is 42.2 Å². The van der Waals surface area contributed by atoms with E-state index in [4.69, 9.17) is 9.47 Å². The lowest BCUT2D eigenvalue weighted by atomic mass is 9.87. The van der Waals surface area contributed by atoms with Crippen molar-refractivity contribution in [1.82, 2.24) is 24.9 Å². The van der Waals surface area contributed by atoms with Gasteiger partial charge in [0.25, 0.3) is 0 Å². The molecule has 0 saturated heterocycles. The number of carboxylic acid groups (broad SMARTS) is 1. The van der Waals surface area contributed by atoms with E-state index < -0.39 is 18.0 Å².